The Morgan fingerprint density at radius 3 is 2.48 bits per heavy atom. The van der Waals surface area contributed by atoms with Gasteiger partial charge >= 0.3 is 0 Å². The molecule has 3 aromatic rings. The summed E-state index contributed by atoms with van der Waals surface area (Å²) in [7, 11) is 4.20. The van der Waals surface area contributed by atoms with Crippen LogP contribution in [0.5, 0.6) is 0 Å². The van der Waals surface area contributed by atoms with E-state index in [0.29, 0.717) is 12.6 Å². The average molecular weight is 418 g/mol. The molecule has 1 aromatic heterocycles. The van der Waals surface area contributed by atoms with Gasteiger partial charge in [0.25, 0.3) is 0 Å². The van der Waals surface area contributed by atoms with Crippen LogP contribution in [0.25, 0.3) is 22.2 Å². The van der Waals surface area contributed by atoms with Gasteiger partial charge in [-0.25, -0.2) is 4.98 Å². The fraction of sp³-hybridized carbons (Fsp3) is 0.440. The molecule has 2 aromatic carbocycles. The molecule has 0 spiro atoms. The Kier molecular flexibility index (Phi) is 5.50. The molecule has 2 N–H and O–H groups in total. The Morgan fingerprint density at radius 2 is 1.77 bits per heavy atom. The van der Waals surface area contributed by atoms with E-state index in [1.165, 1.54) is 17.5 Å². The first-order chi connectivity index (χ1) is 15.1. The van der Waals surface area contributed by atoms with Crippen molar-refractivity contribution in [2.45, 2.75) is 44.3 Å². The van der Waals surface area contributed by atoms with Crippen molar-refractivity contribution >= 4 is 16.9 Å². The highest BCUT2D eigenvalue weighted by atomic mass is 16.2. The fourth-order valence-electron chi connectivity index (χ4n) is 4.99. The third-order valence-electron chi connectivity index (χ3n) is 6.91. The molecule has 0 saturated carbocycles. The lowest BCUT2D eigenvalue weighted by atomic mass is 10.0. The summed E-state index contributed by atoms with van der Waals surface area (Å²) in [6, 6.07) is 15.3. The number of H-pyrrole nitrogens is 1. The maximum absolute atomic E-state index is 12.4. The van der Waals surface area contributed by atoms with Crippen molar-refractivity contribution in [1.29, 1.82) is 0 Å². The second-order valence-electron chi connectivity index (χ2n) is 9.05. The zero-order valence-electron chi connectivity index (χ0n) is 18.4. The minimum atomic E-state index is 0.0225. The van der Waals surface area contributed by atoms with Gasteiger partial charge in [-0.05, 0) is 81.7 Å². The summed E-state index contributed by atoms with van der Waals surface area (Å²) in [6.45, 7) is 2.71. The molecule has 0 unspecified atom stereocenters. The number of benzene rings is 2. The van der Waals surface area contributed by atoms with E-state index in [1.807, 2.05) is 7.05 Å². The van der Waals surface area contributed by atoms with Gasteiger partial charge in [0.05, 0.1) is 23.1 Å². The first-order valence-corrected chi connectivity index (χ1v) is 11.4. The number of carbonyl (C=O) groups excluding carboxylic acids is 1. The van der Waals surface area contributed by atoms with Crippen molar-refractivity contribution in [2.75, 3.05) is 27.2 Å². The van der Waals surface area contributed by atoms with E-state index >= 15 is 0 Å². The summed E-state index contributed by atoms with van der Waals surface area (Å²) in [5.74, 6) is 1.21. The number of likely N-dealkylation sites (tertiary alicyclic amines) is 2. The molecule has 5 rings (SSSR count). The molecular formula is C25H31N5O. The van der Waals surface area contributed by atoms with Crippen LogP contribution in [0.3, 0.4) is 0 Å². The first kappa shape index (κ1) is 20.2. The van der Waals surface area contributed by atoms with Crippen LogP contribution in [-0.2, 0) is 11.3 Å². The maximum atomic E-state index is 12.4. The quantitative estimate of drug-likeness (QED) is 0.664. The van der Waals surface area contributed by atoms with Gasteiger partial charge in [-0.2, -0.15) is 0 Å². The third kappa shape index (κ3) is 4.10. The van der Waals surface area contributed by atoms with E-state index in [-0.39, 0.29) is 11.9 Å². The van der Waals surface area contributed by atoms with Gasteiger partial charge in [-0.15, -0.1) is 0 Å². The Hall–Kier alpha value is -2.70. The molecule has 1 amide bonds. The third-order valence-corrected chi connectivity index (χ3v) is 6.91. The molecule has 0 aliphatic carbocycles. The van der Waals surface area contributed by atoms with E-state index in [4.69, 9.17) is 4.98 Å². The molecule has 31 heavy (non-hydrogen) atoms. The molecule has 162 valence electrons. The monoisotopic (exact) mass is 417 g/mol. The number of aromatic amines is 1. The van der Waals surface area contributed by atoms with E-state index in [0.717, 1.165) is 54.8 Å². The van der Waals surface area contributed by atoms with Crippen molar-refractivity contribution < 1.29 is 4.79 Å². The van der Waals surface area contributed by atoms with Crippen LogP contribution >= 0.6 is 0 Å². The molecule has 2 aliphatic heterocycles. The van der Waals surface area contributed by atoms with Crippen LogP contribution in [0.2, 0.25) is 0 Å². The fourth-order valence-corrected chi connectivity index (χ4v) is 4.99. The molecule has 2 atom stereocenters. The number of imidazole rings is 1. The van der Waals surface area contributed by atoms with Crippen LogP contribution in [-0.4, -0.2) is 58.9 Å². The predicted molar refractivity (Wildman–Crippen MR) is 124 cm³/mol. The number of nitrogens with zero attached hydrogens (tertiary/aromatic N) is 3. The summed E-state index contributed by atoms with van der Waals surface area (Å²) >= 11 is 0. The highest BCUT2D eigenvalue weighted by Crippen LogP contribution is 2.31. The van der Waals surface area contributed by atoms with Crippen LogP contribution in [0.4, 0.5) is 0 Å². The Balaban J connectivity index is 1.27. The van der Waals surface area contributed by atoms with Gasteiger partial charge in [-0.1, -0.05) is 30.3 Å². The van der Waals surface area contributed by atoms with Crippen molar-refractivity contribution in [3.63, 3.8) is 0 Å². The minimum Gasteiger partial charge on any atom is -0.351 e. The Bertz CT molecular complexity index is 1070. The minimum absolute atomic E-state index is 0.0225. The number of carbonyl (C=O) groups is 1. The standard InChI is InChI=1S/C25H31N5O/c1-29-13-3-5-22(29)24-27-20-12-11-19(15-21(20)28-24)18-9-7-17(8-10-18)16-26-25(31)23-6-4-14-30(23)2/h7-12,15,22-23H,3-6,13-14,16H2,1-2H3,(H,26,31)(H,27,28)/t22-,23-/m0/s1. The van der Waals surface area contributed by atoms with Crippen LogP contribution in [0.1, 0.15) is 43.1 Å². The second-order valence-corrected chi connectivity index (χ2v) is 9.05. The molecule has 2 aliphatic rings. The largest absolute Gasteiger partial charge is 0.351 e. The molecule has 6 nitrogen and oxygen atoms in total. The molecule has 2 fully saturated rings. The highest BCUT2D eigenvalue weighted by Gasteiger charge is 2.27. The molecule has 0 radical (unpaired) electrons. The number of fused-ring (bicyclic) bond motifs is 1. The lowest BCUT2D eigenvalue weighted by molar-refractivity contribution is -0.125. The predicted octanol–water partition coefficient (Wildman–Crippen LogP) is 3.71. The highest BCUT2D eigenvalue weighted by molar-refractivity contribution is 5.83. The Labute approximate surface area is 183 Å². The normalized spacial score (nSPS) is 22.4. The molecule has 6 heteroatoms. The number of aromatic nitrogens is 2. The number of hydrogen-bond acceptors (Lipinski definition) is 4. The lowest BCUT2D eigenvalue weighted by Crippen LogP contribution is -2.41. The van der Waals surface area contributed by atoms with Crippen molar-refractivity contribution in [2.24, 2.45) is 0 Å². The smallest absolute Gasteiger partial charge is 0.237 e. The van der Waals surface area contributed by atoms with Crippen molar-refractivity contribution in [1.82, 2.24) is 25.1 Å². The van der Waals surface area contributed by atoms with Gasteiger partial charge in [-0.3, -0.25) is 14.6 Å². The maximum Gasteiger partial charge on any atom is 0.237 e. The van der Waals surface area contributed by atoms with Gasteiger partial charge in [0.2, 0.25) is 5.91 Å². The van der Waals surface area contributed by atoms with Crippen LogP contribution in [0.15, 0.2) is 42.5 Å². The zero-order valence-corrected chi connectivity index (χ0v) is 18.4. The van der Waals surface area contributed by atoms with Gasteiger partial charge in [0.1, 0.15) is 5.82 Å². The average Bonchev–Trinajstić information content (AvgIpc) is 3.51. The summed E-state index contributed by atoms with van der Waals surface area (Å²) in [5.41, 5.74) is 5.57. The summed E-state index contributed by atoms with van der Waals surface area (Å²) < 4.78 is 0. The van der Waals surface area contributed by atoms with Crippen molar-refractivity contribution in [3.05, 3.63) is 53.9 Å². The van der Waals surface area contributed by atoms with Gasteiger partial charge in [0.15, 0.2) is 0 Å². The van der Waals surface area contributed by atoms with Crippen LogP contribution in [0, 0.1) is 0 Å². The molecule has 3 heterocycles. The van der Waals surface area contributed by atoms with E-state index in [9.17, 15) is 4.79 Å². The van der Waals surface area contributed by atoms with Gasteiger partial charge < -0.3 is 10.3 Å². The van der Waals surface area contributed by atoms with Crippen molar-refractivity contribution in [3.8, 4) is 11.1 Å². The molecule has 0 bridgehead atoms. The second kappa shape index (κ2) is 8.44. The Morgan fingerprint density at radius 1 is 1.03 bits per heavy atom. The summed E-state index contributed by atoms with van der Waals surface area (Å²) in [4.78, 5) is 25.3. The number of amides is 1. The van der Waals surface area contributed by atoms with E-state index < -0.39 is 0 Å². The summed E-state index contributed by atoms with van der Waals surface area (Å²) in [5, 5.41) is 3.09. The number of rotatable bonds is 5. The van der Waals surface area contributed by atoms with E-state index in [1.54, 1.807) is 0 Å². The summed E-state index contributed by atoms with van der Waals surface area (Å²) in [6.07, 6.45) is 4.45. The number of hydrogen-bond donors (Lipinski definition) is 2. The number of nitrogens with one attached hydrogen (secondary N) is 2. The molecule has 2 saturated heterocycles. The van der Waals surface area contributed by atoms with Gasteiger partial charge in [0, 0.05) is 6.54 Å². The zero-order chi connectivity index (χ0) is 21.4. The SMILES string of the molecule is CN1CCC[C@H]1C(=O)NCc1ccc(-c2ccc3nc([C@@H]4CCCN4C)[nH]c3c2)cc1. The first-order valence-electron chi connectivity index (χ1n) is 11.4. The topological polar surface area (TPSA) is 64.3 Å². The number of likely N-dealkylation sites (N-methyl/N-ethyl adjacent to an activating group) is 1. The van der Waals surface area contributed by atoms with Crippen LogP contribution < -0.4 is 5.32 Å². The van der Waals surface area contributed by atoms with E-state index in [2.05, 4.69) is 69.6 Å². The lowest BCUT2D eigenvalue weighted by Gasteiger charge is -2.18. The molecular weight excluding hydrogens is 386 g/mol.